The van der Waals surface area contributed by atoms with Gasteiger partial charge in [-0.15, -0.1) is 0 Å². The molecule has 1 aromatic heterocycles. The monoisotopic (exact) mass is 368 g/mol. The zero-order chi connectivity index (χ0) is 18.4. The molecule has 1 atom stereocenters. The molecule has 1 heterocycles. The molecular formula is C16H20N2O6S. The van der Waals surface area contributed by atoms with Gasteiger partial charge >= 0.3 is 5.97 Å². The van der Waals surface area contributed by atoms with Crippen LogP contribution >= 0.6 is 0 Å². The summed E-state index contributed by atoms with van der Waals surface area (Å²) in [7, 11) is -2.34. The lowest BCUT2D eigenvalue weighted by Crippen LogP contribution is -2.24. The molecular weight excluding hydrogens is 348 g/mol. The number of nitrogens with one attached hydrogen (secondary N) is 2. The van der Waals surface area contributed by atoms with E-state index in [1.54, 1.807) is 12.1 Å². The molecule has 2 rings (SSSR count). The molecule has 0 aliphatic heterocycles. The van der Waals surface area contributed by atoms with Gasteiger partial charge in [0.25, 0.3) is 0 Å². The number of rotatable bonds is 9. The number of hydrogen-bond donors (Lipinski definition) is 3. The number of sulfonamides is 1. The van der Waals surface area contributed by atoms with Crippen molar-refractivity contribution in [2.24, 2.45) is 0 Å². The van der Waals surface area contributed by atoms with E-state index in [-0.39, 0.29) is 23.0 Å². The van der Waals surface area contributed by atoms with Crippen LogP contribution < -0.4 is 10.0 Å². The minimum Gasteiger partial charge on any atom is -0.478 e. The third-order valence-corrected chi connectivity index (χ3v) is 4.77. The maximum absolute atomic E-state index is 12.4. The predicted molar refractivity (Wildman–Crippen MR) is 91.1 cm³/mol. The number of carboxylic acid groups (broad SMARTS) is 1. The summed E-state index contributed by atoms with van der Waals surface area (Å²) in [6, 6.07) is 7.04. The Morgan fingerprint density at radius 3 is 2.72 bits per heavy atom. The first-order valence-electron chi connectivity index (χ1n) is 7.48. The molecule has 0 spiro atoms. The first-order chi connectivity index (χ1) is 11.8. The Kier molecular flexibility index (Phi) is 6.18. The van der Waals surface area contributed by atoms with Crippen molar-refractivity contribution in [3.05, 3.63) is 47.9 Å². The number of benzene rings is 1. The van der Waals surface area contributed by atoms with Gasteiger partial charge in [0.1, 0.15) is 5.76 Å². The number of aromatic carboxylic acids is 1. The second kappa shape index (κ2) is 8.15. The van der Waals surface area contributed by atoms with Crippen LogP contribution in [0.3, 0.4) is 0 Å². The molecule has 1 aromatic carbocycles. The normalized spacial score (nSPS) is 12.7. The van der Waals surface area contributed by atoms with E-state index in [9.17, 15) is 18.3 Å². The van der Waals surface area contributed by atoms with Gasteiger partial charge in [0.05, 0.1) is 29.9 Å². The van der Waals surface area contributed by atoms with E-state index in [0.717, 1.165) is 6.07 Å². The summed E-state index contributed by atoms with van der Waals surface area (Å²) in [6.45, 7) is 2.18. The summed E-state index contributed by atoms with van der Waals surface area (Å²) in [5.41, 5.74) is 0.186. The quantitative estimate of drug-likeness (QED) is 0.619. The first kappa shape index (κ1) is 19.0. The number of hydrogen-bond acceptors (Lipinski definition) is 6. The van der Waals surface area contributed by atoms with Gasteiger partial charge in [0.15, 0.2) is 0 Å². The fraction of sp³-hybridized carbons (Fsp3) is 0.312. The second-order valence-corrected chi connectivity index (χ2v) is 7.18. The van der Waals surface area contributed by atoms with Gasteiger partial charge in [-0.3, -0.25) is 0 Å². The van der Waals surface area contributed by atoms with Gasteiger partial charge in [-0.1, -0.05) is 0 Å². The van der Waals surface area contributed by atoms with Crippen molar-refractivity contribution in [2.75, 3.05) is 19.0 Å². The van der Waals surface area contributed by atoms with E-state index in [2.05, 4.69) is 10.0 Å². The Hall–Kier alpha value is -2.36. The highest BCUT2D eigenvalue weighted by atomic mass is 32.2. The summed E-state index contributed by atoms with van der Waals surface area (Å²) in [5.74, 6) is -0.774. The summed E-state index contributed by atoms with van der Waals surface area (Å²) < 4.78 is 37.1. The lowest BCUT2D eigenvalue weighted by molar-refractivity contribution is 0.0697. The van der Waals surface area contributed by atoms with E-state index in [4.69, 9.17) is 9.15 Å². The zero-order valence-electron chi connectivity index (χ0n) is 13.9. The molecule has 0 saturated carbocycles. The van der Waals surface area contributed by atoms with Crippen molar-refractivity contribution in [1.29, 1.82) is 0 Å². The van der Waals surface area contributed by atoms with Crippen LogP contribution in [0.4, 0.5) is 5.69 Å². The Morgan fingerprint density at radius 1 is 1.36 bits per heavy atom. The molecule has 2 aromatic rings. The Labute approximate surface area is 145 Å². The van der Waals surface area contributed by atoms with Crippen LogP contribution in [0.15, 0.2) is 45.9 Å². The third kappa shape index (κ3) is 5.05. The lowest BCUT2D eigenvalue weighted by Gasteiger charge is -2.17. The Bertz CT molecular complexity index is 817. The predicted octanol–water partition coefficient (Wildman–Crippen LogP) is 1.90. The SMILES string of the molecule is COC[C@@H](C)Nc1ccc(S(=O)(=O)NCc2ccco2)cc1C(=O)O. The minimum absolute atomic E-state index is 0.0252. The highest BCUT2D eigenvalue weighted by Gasteiger charge is 2.20. The standard InChI is InChI=1S/C16H20N2O6S/c1-11(10-23-2)18-15-6-5-13(8-14(15)16(19)20)25(21,22)17-9-12-4-3-7-24-12/h3-8,11,17-18H,9-10H2,1-2H3,(H,19,20)/t11-/m1/s1. The second-order valence-electron chi connectivity index (χ2n) is 5.42. The van der Waals surface area contributed by atoms with Gasteiger partial charge in [-0.2, -0.15) is 0 Å². The minimum atomic E-state index is -3.87. The summed E-state index contributed by atoms with van der Waals surface area (Å²) in [6.07, 6.45) is 1.44. The van der Waals surface area contributed by atoms with Crippen LogP contribution in [-0.4, -0.2) is 39.3 Å². The molecule has 0 saturated heterocycles. The number of furan rings is 1. The Balaban J connectivity index is 2.23. The Morgan fingerprint density at radius 2 is 2.12 bits per heavy atom. The molecule has 8 nitrogen and oxygen atoms in total. The average Bonchev–Trinajstić information content (AvgIpc) is 3.06. The molecule has 0 radical (unpaired) electrons. The number of ether oxygens (including phenoxy) is 1. The molecule has 25 heavy (non-hydrogen) atoms. The molecule has 0 aliphatic rings. The molecule has 0 aliphatic carbocycles. The molecule has 3 N–H and O–H groups in total. The zero-order valence-corrected chi connectivity index (χ0v) is 14.7. The summed E-state index contributed by atoms with van der Waals surface area (Å²) in [5, 5.41) is 12.4. The molecule has 0 bridgehead atoms. The van der Waals surface area contributed by atoms with Crippen LogP contribution in [0.25, 0.3) is 0 Å². The van der Waals surface area contributed by atoms with Crippen LogP contribution in [0.2, 0.25) is 0 Å². The number of carbonyl (C=O) groups is 1. The van der Waals surface area contributed by atoms with E-state index < -0.39 is 16.0 Å². The van der Waals surface area contributed by atoms with Crippen molar-refractivity contribution < 1.29 is 27.5 Å². The maximum atomic E-state index is 12.4. The van der Waals surface area contributed by atoms with E-state index in [0.29, 0.717) is 18.1 Å². The maximum Gasteiger partial charge on any atom is 0.337 e. The first-order valence-corrected chi connectivity index (χ1v) is 8.96. The number of carboxylic acids is 1. The van der Waals surface area contributed by atoms with Crippen LogP contribution in [-0.2, 0) is 21.3 Å². The highest BCUT2D eigenvalue weighted by Crippen LogP contribution is 2.22. The molecule has 136 valence electrons. The topological polar surface area (TPSA) is 118 Å². The van der Waals surface area contributed by atoms with E-state index in [1.165, 1.54) is 25.5 Å². The fourth-order valence-corrected chi connectivity index (χ4v) is 3.23. The van der Waals surface area contributed by atoms with Gasteiger partial charge in [0.2, 0.25) is 10.0 Å². The van der Waals surface area contributed by atoms with Crippen molar-refractivity contribution in [1.82, 2.24) is 4.72 Å². The fourth-order valence-electron chi connectivity index (χ4n) is 2.21. The largest absolute Gasteiger partial charge is 0.478 e. The molecule has 0 fully saturated rings. The van der Waals surface area contributed by atoms with E-state index in [1.807, 2.05) is 6.92 Å². The van der Waals surface area contributed by atoms with Crippen molar-refractivity contribution in [3.8, 4) is 0 Å². The third-order valence-electron chi connectivity index (χ3n) is 3.37. The van der Waals surface area contributed by atoms with Gasteiger partial charge < -0.3 is 19.6 Å². The van der Waals surface area contributed by atoms with Crippen molar-refractivity contribution in [2.45, 2.75) is 24.4 Å². The van der Waals surface area contributed by atoms with Crippen molar-refractivity contribution >= 4 is 21.7 Å². The van der Waals surface area contributed by atoms with Crippen LogP contribution in [0.5, 0.6) is 0 Å². The van der Waals surface area contributed by atoms with Gasteiger partial charge in [-0.25, -0.2) is 17.9 Å². The molecule has 9 heteroatoms. The molecule has 0 amide bonds. The van der Waals surface area contributed by atoms with E-state index >= 15 is 0 Å². The average molecular weight is 368 g/mol. The number of methoxy groups -OCH3 is 1. The smallest absolute Gasteiger partial charge is 0.337 e. The summed E-state index contributed by atoms with van der Waals surface area (Å²) in [4.78, 5) is 11.3. The highest BCUT2D eigenvalue weighted by molar-refractivity contribution is 7.89. The van der Waals surface area contributed by atoms with Crippen LogP contribution in [0.1, 0.15) is 23.0 Å². The number of anilines is 1. The summed E-state index contributed by atoms with van der Waals surface area (Å²) >= 11 is 0. The van der Waals surface area contributed by atoms with Gasteiger partial charge in [0, 0.05) is 18.8 Å². The van der Waals surface area contributed by atoms with Gasteiger partial charge in [-0.05, 0) is 37.3 Å². The van der Waals surface area contributed by atoms with Crippen molar-refractivity contribution in [3.63, 3.8) is 0 Å². The lowest BCUT2D eigenvalue weighted by atomic mass is 10.1. The molecule has 0 unspecified atom stereocenters. The van der Waals surface area contributed by atoms with Crippen LogP contribution in [0, 0.1) is 0 Å².